The zero-order valence-electron chi connectivity index (χ0n) is 20.5. The highest BCUT2D eigenvalue weighted by atomic mass is 19.2. The number of rotatable bonds is 10. The predicted molar refractivity (Wildman–Crippen MR) is 133 cm³/mol. The first kappa shape index (κ1) is 27.6. The molecular weight excluding hydrogens is 523 g/mol. The van der Waals surface area contributed by atoms with Crippen molar-refractivity contribution in [3.63, 3.8) is 0 Å². The van der Waals surface area contributed by atoms with Crippen LogP contribution in [0.25, 0.3) is 22.4 Å². The van der Waals surface area contributed by atoms with Gasteiger partial charge in [0.15, 0.2) is 18.1 Å². The average molecular weight is 546 g/mol. The Hall–Kier alpha value is -4.38. The molecule has 6 nitrogen and oxygen atoms in total. The molecule has 0 aliphatic carbocycles. The molecule has 1 unspecified atom stereocenters. The Balaban J connectivity index is 1.83. The van der Waals surface area contributed by atoms with Gasteiger partial charge < -0.3 is 24.9 Å². The van der Waals surface area contributed by atoms with Crippen molar-refractivity contribution in [3.05, 3.63) is 95.2 Å². The number of ether oxygens (including phenoxy) is 2. The van der Waals surface area contributed by atoms with Gasteiger partial charge in [-0.2, -0.15) is 0 Å². The summed E-state index contributed by atoms with van der Waals surface area (Å²) in [4.78, 5) is 14.8. The van der Waals surface area contributed by atoms with Crippen LogP contribution in [0, 0.1) is 23.3 Å². The first-order valence-electron chi connectivity index (χ1n) is 11.7. The first-order chi connectivity index (χ1) is 18.7. The second kappa shape index (κ2) is 12.0. The maximum Gasteiger partial charge on any atom is 0.258 e. The number of aromatic nitrogens is 1. The normalized spacial score (nSPS) is 11.8. The second-order valence-corrected chi connectivity index (χ2v) is 8.37. The van der Waals surface area contributed by atoms with Crippen LogP contribution in [0.5, 0.6) is 11.5 Å². The van der Waals surface area contributed by atoms with Crippen LogP contribution in [0.3, 0.4) is 0 Å². The Bertz CT molecular complexity index is 1450. The molecule has 0 aliphatic heterocycles. The molecule has 0 bridgehead atoms. The van der Waals surface area contributed by atoms with Gasteiger partial charge in [-0.25, -0.2) is 22.0 Å². The minimum absolute atomic E-state index is 0.0742. The molecule has 3 aromatic carbocycles. The molecule has 0 fully saturated rings. The van der Waals surface area contributed by atoms with Crippen molar-refractivity contribution in [3.8, 4) is 33.9 Å². The summed E-state index contributed by atoms with van der Waals surface area (Å²) >= 11 is 0. The van der Waals surface area contributed by atoms with Crippen LogP contribution in [-0.2, 0) is 4.79 Å². The highest BCUT2D eigenvalue weighted by molar-refractivity contribution is 5.81. The standard InChI is InChI=1S/C28H23F5N2O4/c1-38-28-18(3-2-4-23(28)39-14-24(36)34-10-9-29)19-13-22(15-5-7-16(30)8-6-15)35-26(19)27(37)25-20(32)11-17(31)12-21(25)33/h2-8,11-13,27,35,37H,9-10,14H2,1H3,(H,34,36). The number of hydrogen-bond acceptors (Lipinski definition) is 4. The molecule has 1 heterocycles. The van der Waals surface area contributed by atoms with Gasteiger partial charge in [0, 0.05) is 35.5 Å². The molecule has 0 aliphatic rings. The number of para-hydroxylation sites is 1. The summed E-state index contributed by atoms with van der Waals surface area (Å²) in [5.74, 6) is -4.56. The average Bonchev–Trinajstić information content (AvgIpc) is 3.35. The lowest BCUT2D eigenvalue weighted by atomic mass is 9.97. The van der Waals surface area contributed by atoms with Gasteiger partial charge in [-0.15, -0.1) is 0 Å². The fourth-order valence-electron chi connectivity index (χ4n) is 4.09. The summed E-state index contributed by atoms with van der Waals surface area (Å²) in [6, 6.07) is 12.5. The number of methoxy groups -OCH3 is 1. The smallest absolute Gasteiger partial charge is 0.258 e. The maximum atomic E-state index is 14.6. The summed E-state index contributed by atoms with van der Waals surface area (Å²) in [6.45, 7) is -1.36. The number of aromatic amines is 1. The topological polar surface area (TPSA) is 83.6 Å². The number of H-pyrrole nitrogens is 1. The van der Waals surface area contributed by atoms with E-state index in [0.29, 0.717) is 29.0 Å². The third-order valence-corrected chi connectivity index (χ3v) is 5.84. The minimum atomic E-state index is -1.92. The fraction of sp³-hybridized carbons (Fsp3) is 0.179. The van der Waals surface area contributed by atoms with Crippen LogP contribution < -0.4 is 14.8 Å². The van der Waals surface area contributed by atoms with E-state index in [9.17, 15) is 31.9 Å². The Morgan fingerprint density at radius 1 is 0.974 bits per heavy atom. The van der Waals surface area contributed by atoms with E-state index in [1.54, 1.807) is 18.2 Å². The molecule has 1 aromatic heterocycles. The van der Waals surface area contributed by atoms with Crippen molar-refractivity contribution < 1.29 is 41.3 Å². The highest BCUT2D eigenvalue weighted by Gasteiger charge is 2.28. The van der Waals surface area contributed by atoms with Crippen molar-refractivity contribution in [2.45, 2.75) is 6.10 Å². The number of alkyl halides is 1. The number of halogens is 5. The van der Waals surface area contributed by atoms with Crippen LogP contribution in [0.1, 0.15) is 17.4 Å². The summed E-state index contributed by atoms with van der Waals surface area (Å²) in [5.41, 5.74) is 0.527. The minimum Gasteiger partial charge on any atom is -0.492 e. The lowest BCUT2D eigenvalue weighted by Crippen LogP contribution is -2.30. The van der Waals surface area contributed by atoms with Gasteiger partial charge in [0.2, 0.25) is 0 Å². The second-order valence-electron chi connectivity index (χ2n) is 8.37. The SMILES string of the molecule is COc1c(OCC(=O)NCCF)cccc1-c1cc(-c2ccc(F)cc2)[nH]c1C(O)c1c(F)cc(F)cc1F. The van der Waals surface area contributed by atoms with E-state index in [2.05, 4.69) is 10.3 Å². The van der Waals surface area contributed by atoms with E-state index >= 15 is 0 Å². The van der Waals surface area contributed by atoms with Crippen LogP contribution in [0.15, 0.2) is 60.7 Å². The van der Waals surface area contributed by atoms with Crippen LogP contribution in [0.4, 0.5) is 22.0 Å². The molecule has 204 valence electrons. The third-order valence-electron chi connectivity index (χ3n) is 5.84. The van der Waals surface area contributed by atoms with E-state index in [0.717, 1.165) is 0 Å². The zero-order valence-corrected chi connectivity index (χ0v) is 20.5. The summed E-state index contributed by atoms with van der Waals surface area (Å²) in [6.07, 6.45) is -1.92. The molecule has 0 spiro atoms. The van der Waals surface area contributed by atoms with E-state index in [4.69, 9.17) is 9.47 Å². The van der Waals surface area contributed by atoms with Gasteiger partial charge >= 0.3 is 0 Å². The maximum absolute atomic E-state index is 14.6. The quantitative estimate of drug-likeness (QED) is 0.231. The highest BCUT2D eigenvalue weighted by Crippen LogP contribution is 2.44. The van der Waals surface area contributed by atoms with Crippen molar-refractivity contribution in [1.82, 2.24) is 10.3 Å². The molecule has 0 saturated carbocycles. The van der Waals surface area contributed by atoms with Crippen molar-refractivity contribution in [2.75, 3.05) is 26.9 Å². The van der Waals surface area contributed by atoms with Crippen LogP contribution in [0.2, 0.25) is 0 Å². The van der Waals surface area contributed by atoms with Gasteiger partial charge in [-0.1, -0.05) is 12.1 Å². The molecule has 1 amide bonds. The first-order valence-corrected chi connectivity index (χ1v) is 11.7. The van der Waals surface area contributed by atoms with E-state index in [1.807, 2.05) is 0 Å². The summed E-state index contributed by atoms with van der Waals surface area (Å²) in [7, 11) is 1.33. The Labute approximate surface area is 220 Å². The van der Waals surface area contributed by atoms with Crippen molar-refractivity contribution in [1.29, 1.82) is 0 Å². The number of aliphatic hydroxyl groups excluding tert-OH is 1. The molecule has 0 saturated heterocycles. The van der Waals surface area contributed by atoms with Crippen molar-refractivity contribution >= 4 is 5.91 Å². The van der Waals surface area contributed by atoms with Gasteiger partial charge in [0.05, 0.1) is 18.4 Å². The van der Waals surface area contributed by atoms with Crippen LogP contribution >= 0.6 is 0 Å². The summed E-state index contributed by atoms with van der Waals surface area (Å²) in [5, 5.41) is 13.5. The Morgan fingerprint density at radius 3 is 2.31 bits per heavy atom. The van der Waals surface area contributed by atoms with E-state index in [1.165, 1.54) is 37.4 Å². The molecular formula is C28H23F5N2O4. The molecule has 4 aromatic rings. The molecule has 0 radical (unpaired) electrons. The molecule has 39 heavy (non-hydrogen) atoms. The number of amides is 1. The molecule has 4 rings (SSSR count). The van der Waals surface area contributed by atoms with E-state index < -0.39 is 54.1 Å². The van der Waals surface area contributed by atoms with Gasteiger partial charge in [0.1, 0.15) is 36.0 Å². The van der Waals surface area contributed by atoms with Crippen LogP contribution in [-0.4, -0.2) is 42.9 Å². The lowest BCUT2D eigenvalue weighted by molar-refractivity contribution is -0.123. The molecule has 3 N–H and O–H groups in total. The number of carbonyl (C=O) groups is 1. The number of carbonyl (C=O) groups excluding carboxylic acids is 1. The predicted octanol–water partition coefficient (Wildman–Crippen LogP) is 5.46. The number of aliphatic hydroxyl groups is 1. The monoisotopic (exact) mass is 546 g/mol. The fourth-order valence-corrected chi connectivity index (χ4v) is 4.09. The van der Waals surface area contributed by atoms with Gasteiger partial charge in [-0.3, -0.25) is 4.79 Å². The number of hydrogen-bond donors (Lipinski definition) is 3. The van der Waals surface area contributed by atoms with Gasteiger partial charge in [-0.05, 0) is 42.0 Å². The van der Waals surface area contributed by atoms with E-state index in [-0.39, 0.29) is 29.3 Å². The Kier molecular flexibility index (Phi) is 8.50. The lowest BCUT2D eigenvalue weighted by Gasteiger charge is -2.17. The molecule has 11 heteroatoms. The Morgan fingerprint density at radius 2 is 1.67 bits per heavy atom. The summed E-state index contributed by atoms with van der Waals surface area (Å²) < 4.78 is 79.7. The zero-order chi connectivity index (χ0) is 28.1. The third kappa shape index (κ3) is 6.04. The van der Waals surface area contributed by atoms with Gasteiger partial charge in [0.25, 0.3) is 5.91 Å². The van der Waals surface area contributed by atoms with Crippen molar-refractivity contribution in [2.24, 2.45) is 0 Å². The molecule has 1 atom stereocenters. The number of nitrogens with one attached hydrogen (secondary N) is 2. The number of benzene rings is 3. The largest absolute Gasteiger partial charge is 0.492 e.